The molecular weight excluding hydrogens is 478 g/mol. The number of benzene rings is 2. The van der Waals surface area contributed by atoms with Crippen LogP contribution in [0.1, 0.15) is 32.3 Å². The minimum Gasteiger partial charge on any atom is -0.382 e. The van der Waals surface area contributed by atoms with Crippen LogP contribution in [-0.4, -0.2) is 64.8 Å². The summed E-state index contributed by atoms with van der Waals surface area (Å²) in [4.78, 5) is 10.5. The lowest BCUT2D eigenvalue weighted by atomic mass is 9.96. The van der Waals surface area contributed by atoms with Gasteiger partial charge < -0.3 is 24.4 Å². The third-order valence-electron chi connectivity index (χ3n) is 6.47. The zero-order valence-electron chi connectivity index (χ0n) is 21.3. The molecule has 8 nitrogen and oxygen atoms in total. The summed E-state index contributed by atoms with van der Waals surface area (Å²) in [7, 11) is 1.64. The van der Waals surface area contributed by atoms with Crippen LogP contribution in [0.2, 0.25) is 0 Å². The lowest BCUT2D eigenvalue weighted by Crippen LogP contribution is -2.29. The molecule has 0 atom stereocenters. The topological polar surface area (TPSA) is 84.0 Å². The van der Waals surface area contributed by atoms with E-state index in [9.17, 15) is 5.26 Å². The molecule has 1 aromatic heterocycles. The van der Waals surface area contributed by atoms with Gasteiger partial charge in [-0.2, -0.15) is 5.26 Å². The summed E-state index contributed by atoms with van der Waals surface area (Å²) >= 11 is 0. The predicted molar refractivity (Wildman–Crippen MR) is 153 cm³/mol. The third-order valence-corrected chi connectivity index (χ3v) is 6.47. The van der Waals surface area contributed by atoms with Crippen molar-refractivity contribution in [2.45, 2.75) is 26.7 Å². The Balaban J connectivity index is 0.00000400. The van der Waals surface area contributed by atoms with E-state index in [0.29, 0.717) is 62.2 Å². The van der Waals surface area contributed by atoms with Crippen molar-refractivity contribution in [2.24, 2.45) is 0 Å². The number of aromatic nitrogens is 1. The van der Waals surface area contributed by atoms with E-state index in [0.717, 1.165) is 29.4 Å². The highest BCUT2D eigenvalue weighted by atomic mass is 16.5. The zero-order chi connectivity index (χ0) is 25.9. The van der Waals surface area contributed by atoms with Crippen molar-refractivity contribution in [3.05, 3.63) is 59.6 Å². The van der Waals surface area contributed by atoms with Gasteiger partial charge in [0.15, 0.2) is 0 Å². The van der Waals surface area contributed by atoms with Gasteiger partial charge in [0.1, 0.15) is 11.9 Å². The number of ether oxygens (including phenoxy) is 3. The number of nitrogens with zero attached hydrogens (tertiary/aromatic N) is 4. The van der Waals surface area contributed by atoms with Crippen LogP contribution in [0.25, 0.3) is 26.7 Å². The molecule has 38 heavy (non-hydrogen) atoms. The van der Waals surface area contributed by atoms with Crippen molar-refractivity contribution in [3.8, 4) is 17.2 Å². The minimum atomic E-state index is 0. The van der Waals surface area contributed by atoms with E-state index < -0.39 is 0 Å². The summed E-state index contributed by atoms with van der Waals surface area (Å²) in [5, 5.41) is 15.4. The largest absolute Gasteiger partial charge is 0.382 e. The standard InChI is InChI=1S/C29H33N5O3.CH4/c1-31-27-21-33-29(32-10-13-36-16-17-37-15-14-35-2)26(20-30)28(27)24-7-6-23-19-25(9-8-22(23)18-24)34-11-4-3-5-12-34;/h6-9,18-19,21H,3-5,10-17H2,2H3,(H,32,33);1H4. The fourth-order valence-corrected chi connectivity index (χ4v) is 4.56. The Morgan fingerprint density at radius 3 is 2.45 bits per heavy atom. The zero-order valence-corrected chi connectivity index (χ0v) is 21.3. The lowest BCUT2D eigenvalue weighted by molar-refractivity contribution is 0.0272. The average molecular weight is 516 g/mol. The Morgan fingerprint density at radius 2 is 1.71 bits per heavy atom. The molecular formula is C30H37N5O3. The number of hydrogen-bond acceptors (Lipinski definition) is 7. The highest BCUT2D eigenvalue weighted by molar-refractivity contribution is 5.94. The Bertz CT molecular complexity index is 1280. The molecule has 4 rings (SSSR count). The molecule has 0 unspecified atom stereocenters. The highest BCUT2D eigenvalue weighted by Crippen LogP contribution is 2.38. The van der Waals surface area contributed by atoms with Gasteiger partial charge >= 0.3 is 0 Å². The monoisotopic (exact) mass is 515 g/mol. The first-order valence-corrected chi connectivity index (χ1v) is 12.7. The summed E-state index contributed by atoms with van der Waals surface area (Å²) in [6.45, 7) is 12.9. The van der Waals surface area contributed by atoms with E-state index in [2.05, 4.69) is 56.4 Å². The first kappa shape index (κ1) is 28.9. The van der Waals surface area contributed by atoms with Crippen molar-refractivity contribution in [1.82, 2.24) is 4.98 Å². The number of methoxy groups -OCH3 is 1. The van der Waals surface area contributed by atoms with E-state index in [4.69, 9.17) is 20.8 Å². The molecule has 0 spiro atoms. The summed E-state index contributed by atoms with van der Waals surface area (Å²) in [6, 6.07) is 14.9. The number of nitrogens with one attached hydrogen (secondary N) is 1. The van der Waals surface area contributed by atoms with E-state index >= 15 is 0 Å². The first-order valence-electron chi connectivity index (χ1n) is 12.7. The molecule has 1 aliphatic heterocycles. The molecule has 200 valence electrons. The fourth-order valence-electron chi connectivity index (χ4n) is 4.56. The van der Waals surface area contributed by atoms with Gasteiger partial charge in [-0.25, -0.2) is 9.83 Å². The summed E-state index contributed by atoms with van der Waals surface area (Å²) < 4.78 is 15.9. The minimum absolute atomic E-state index is 0. The van der Waals surface area contributed by atoms with E-state index in [1.165, 1.54) is 31.1 Å². The van der Waals surface area contributed by atoms with Gasteiger partial charge in [0.2, 0.25) is 5.69 Å². The van der Waals surface area contributed by atoms with E-state index in [-0.39, 0.29) is 7.43 Å². The number of hydrogen-bond donors (Lipinski definition) is 1. The molecule has 0 saturated carbocycles. The van der Waals surface area contributed by atoms with Crippen LogP contribution in [0.5, 0.6) is 0 Å². The summed E-state index contributed by atoms with van der Waals surface area (Å²) in [6.07, 6.45) is 5.31. The molecule has 0 radical (unpaired) electrons. The normalized spacial score (nSPS) is 13.0. The first-order chi connectivity index (χ1) is 18.2. The molecule has 2 heterocycles. The van der Waals surface area contributed by atoms with Crippen LogP contribution in [0, 0.1) is 17.9 Å². The second kappa shape index (κ2) is 14.9. The van der Waals surface area contributed by atoms with Crippen LogP contribution in [0.4, 0.5) is 17.2 Å². The van der Waals surface area contributed by atoms with Crippen molar-refractivity contribution >= 4 is 28.0 Å². The predicted octanol–water partition coefficient (Wildman–Crippen LogP) is 6.04. The van der Waals surface area contributed by atoms with Gasteiger partial charge in [0.25, 0.3) is 0 Å². The van der Waals surface area contributed by atoms with Crippen LogP contribution in [0.3, 0.4) is 0 Å². The molecule has 3 aromatic rings. The molecule has 1 saturated heterocycles. The number of nitriles is 1. The molecule has 0 aliphatic carbocycles. The second-order valence-electron chi connectivity index (χ2n) is 8.90. The quantitative estimate of drug-likeness (QED) is 0.232. The lowest BCUT2D eigenvalue weighted by Gasteiger charge is -2.29. The summed E-state index contributed by atoms with van der Waals surface area (Å²) in [5.74, 6) is 0.449. The summed E-state index contributed by atoms with van der Waals surface area (Å²) in [5.41, 5.74) is 3.40. The number of fused-ring (bicyclic) bond motifs is 1. The molecule has 0 amide bonds. The van der Waals surface area contributed by atoms with Crippen LogP contribution >= 0.6 is 0 Å². The van der Waals surface area contributed by atoms with E-state index in [1.807, 2.05) is 6.07 Å². The van der Waals surface area contributed by atoms with Gasteiger partial charge in [0.05, 0.1) is 45.2 Å². The van der Waals surface area contributed by atoms with Crippen molar-refractivity contribution in [3.63, 3.8) is 0 Å². The smallest absolute Gasteiger partial charge is 0.214 e. The maximum Gasteiger partial charge on any atom is 0.214 e. The van der Waals surface area contributed by atoms with E-state index in [1.54, 1.807) is 7.11 Å². The number of pyridine rings is 1. The number of anilines is 2. The molecule has 2 aromatic carbocycles. The maximum atomic E-state index is 10.0. The van der Waals surface area contributed by atoms with Crippen molar-refractivity contribution in [2.75, 3.05) is 70.0 Å². The van der Waals surface area contributed by atoms with Crippen LogP contribution in [0.15, 0.2) is 42.6 Å². The molecule has 0 bridgehead atoms. The average Bonchev–Trinajstić information content (AvgIpc) is 2.95. The Hall–Kier alpha value is -3.69. The van der Waals surface area contributed by atoms with Gasteiger partial charge in [-0.05, 0) is 53.8 Å². The fraction of sp³-hybridized carbons (Fsp3) is 0.433. The third kappa shape index (κ3) is 7.20. The molecule has 1 aliphatic rings. The Kier molecular flexibility index (Phi) is 11.3. The molecule has 1 fully saturated rings. The van der Waals surface area contributed by atoms with Crippen molar-refractivity contribution < 1.29 is 14.2 Å². The Labute approximate surface area is 226 Å². The van der Waals surface area contributed by atoms with Crippen LogP contribution in [-0.2, 0) is 14.2 Å². The highest BCUT2D eigenvalue weighted by Gasteiger charge is 2.18. The maximum absolute atomic E-state index is 10.0. The number of piperidine rings is 1. The Morgan fingerprint density at radius 1 is 1.00 bits per heavy atom. The number of rotatable bonds is 12. The SMILES string of the molecule is C.[C-]#[N+]c1cnc(NCCOCCOCCOC)c(C#N)c1-c1ccc2cc(N3CCCCC3)ccc2c1. The van der Waals surface area contributed by atoms with Gasteiger partial charge in [-0.15, -0.1) is 0 Å². The van der Waals surface area contributed by atoms with Gasteiger partial charge in [-0.1, -0.05) is 25.6 Å². The molecule has 8 heteroatoms. The van der Waals surface area contributed by atoms with Gasteiger partial charge in [-0.3, -0.25) is 0 Å². The molecule has 1 N–H and O–H groups in total. The van der Waals surface area contributed by atoms with Gasteiger partial charge in [0, 0.05) is 44.2 Å². The van der Waals surface area contributed by atoms with Crippen molar-refractivity contribution in [1.29, 1.82) is 5.26 Å². The second-order valence-corrected chi connectivity index (χ2v) is 8.90. The van der Waals surface area contributed by atoms with Crippen LogP contribution < -0.4 is 10.2 Å².